The first-order valence-electron chi connectivity index (χ1n) is 9.23. The van der Waals surface area contributed by atoms with Crippen LogP contribution in [0.5, 0.6) is 0 Å². The molecule has 1 aromatic carbocycles. The van der Waals surface area contributed by atoms with Gasteiger partial charge in [-0.1, -0.05) is 18.6 Å². The van der Waals surface area contributed by atoms with Crippen LogP contribution in [-0.4, -0.2) is 35.2 Å². The molecule has 27 heavy (non-hydrogen) atoms. The Morgan fingerprint density at radius 2 is 1.67 bits per heavy atom. The lowest BCUT2D eigenvalue weighted by Gasteiger charge is -2.19. The molecule has 3 N–H and O–H groups in total. The number of carbonyl (C=O) groups is 3. The summed E-state index contributed by atoms with van der Waals surface area (Å²) < 4.78 is 5.14. The fraction of sp³-hybridized carbons (Fsp3) is 0.550. The van der Waals surface area contributed by atoms with E-state index in [-0.39, 0.29) is 12.3 Å². The first-order valence-corrected chi connectivity index (χ1v) is 9.23. The SMILES string of the molecule is CC(C)(C)OC(=O)NCCCCCC(=O)Nc1ccc(CCC(=O)O)cc1. The van der Waals surface area contributed by atoms with Gasteiger partial charge in [-0.05, 0) is 57.7 Å². The summed E-state index contributed by atoms with van der Waals surface area (Å²) in [6.45, 7) is 5.96. The summed E-state index contributed by atoms with van der Waals surface area (Å²) in [5.74, 6) is -0.887. The van der Waals surface area contributed by atoms with E-state index in [1.54, 1.807) is 12.1 Å². The van der Waals surface area contributed by atoms with Gasteiger partial charge in [0.2, 0.25) is 5.91 Å². The molecule has 0 fully saturated rings. The average Bonchev–Trinajstić information content (AvgIpc) is 2.55. The Hall–Kier alpha value is -2.57. The number of carbonyl (C=O) groups excluding carboxylic acids is 2. The third-order valence-corrected chi connectivity index (χ3v) is 3.61. The molecular formula is C20H30N2O5. The van der Waals surface area contributed by atoms with Crippen LogP contribution in [-0.2, 0) is 20.7 Å². The van der Waals surface area contributed by atoms with Gasteiger partial charge in [0.1, 0.15) is 5.60 Å². The van der Waals surface area contributed by atoms with E-state index in [4.69, 9.17) is 9.84 Å². The predicted octanol–water partition coefficient (Wildman–Crippen LogP) is 3.73. The van der Waals surface area contributed by atoms with E-state index in [9.17, 15) is 14.4 Å². The second-order valence-corrected chi connectivity index (χ2v) is 7.38. The van der Waals surface area contributed by atoms with Crippen LogP contribution in [0.4, 0.5) is 10.5 Å². The lowest BCUT2D eigenvalue weighted by atomic mass is 10.1. The van der Waals surface area contributed by atoms with E-state index < -0.39 is 17.7 Å². The van der Waals surface area contributed by atoms with Gasteiger partial charge in [0.05, 0.1) is 0 Å². The molecule has 0 saturated heterocycles. The van der Waals surface area contributed by atoms with Gasteiger partial charge in [-0.25, -0.2) is 4.79 Å². The molecule has 0 aliphatic carbocycles. The van der Waals surface area contributed by atoms with Gasteiger partial charge in [-0.15, -0.1) is 0 Å². The van der Waals surface area contributed by atoms with Gasteiger partial charge < -0.3 is 20.5 Å². The minimum Gasteiger partial charge on any atom is -0.481 e. The molecule has 0 heterocycles. The number of amides is 2. The first kappa shape index (κ1) is 22.5. The quantitative estimate of drug-likeness (QED) is 0.538. The van der Waals surface area contributed by atoms with Crippen LogP contribution in [0.2, 0.25) is 0 Å². The monoisotopic (exact) mass is 378 g/mol. The molecule has 0 aromatic heterocycles. The summed E-state index contributed by atoms with van der Waals surface area (Å²) in [7, 11) is 0. The highest BCUT2D eigenvalue weighted by Crippen LogP contribution is 2.12. The normalized spacial score (nSPS) is 10.9. The van der Waals surface area contributed by atoms with Gasteiger partial charge in [-0.3, -0.25) is 9.59 Å². The Bertz CT molecular complexity index is 620. The molecule has 0 aliphatic rings. The summed E-state index contributed by atoms with van der Waals surface area (Å²) >= 11 is 0. The lowest BCUT2D eigenvalue weighted by Crippen LogP contribution is -2.33. The number of unbranched alkanes of at least 4 members (excludes halogenated alkanes) is 2. The van der Waals surface area contributed by atoms with Crippen molar-refractivity contribution in [2.24, 2.45) is 0 Å². The van der Waals surface area contributed by atoms with E-state index in [2.05, 4.69) is 10.6 Å². The van der Waals surface area contributed by atoms with E-state index >= 15 is 0 Å². The largest absolute Gasteiger partial charge is 0.481 e. The Morgan fingerprint density at radius 1 is 1.00 bits per heavy atom. The fourth-order valence-corrected chi connectivity index (χ4v) is 2.32. The molecule has 1 aromatic rings. The highest BCUT2D eigenvalue weighted by atomic mass is 16.6. The van der Waals surface area contributed by atoms with Crippen molar-refractivity contribution in [2.45, 2.75) is 64.9 Å². The van der Waals surface area contributed by atoms with Gasteiger partial charge in [0.25, 0.3) is 0 Å². The van der Waals surface area contributed by atoms with E-state index in [0.717, 1.165) is 24.8 Å². The highest BCUT2D eigenvalue weighted by Gasteiger charge is 2.15. The summed E-state index contributed by atoms with van der Waals surface area (Å²) in [6.07, 6.45) is 2.90. The lowest BCUT2D eigenvalue weighted by molar-refractivity contribution is -0.137. The van der Waals surface area contributed by atoms with E-state index in [1.165, 1.54) is 0 Å². The summed E-state index contributed by atoms with van der Waals surface area (Å²) in [5, 5.41) is 14.2. The maximum atomic E-state index is 11.9. The Balaban J connectivity index is 2.15. The molecule has 0 atom stereocenters. The number of carboxylic acid groups (broad SMARTS) is 1. The predicted molar refractivity (Wildman–Crippen MR) is 104 cm³/mol. The zero-order valence-electron chi connectivity index (χ0n) is 16.3. The van der Waals surface area contributed by atoms with Crippen molar-refractivity contribution in [3.05, 3.63) is 29.8 Å². The van der Waals surface area contributed by atoms with Crippen LogP contribution >= 0.6 is 0 Å². The Labute approximate surface area is 160 Å². The van der Waals surface area contributed by atoms with E-state index in [1.807, 2.05) is 32.9 Å². The van der Waals surface area contributed by atoms with Gasteiger partial charge in [-0.2, -0.15) is 0 Å². The van der Waals surface area contributed by atoms with Crippen molar-refractivity contribution < 1.29 is 24.2 Å². The topological polar surface area (TPSA) is 105 Å². The minimum atomic E-state index is -0.825. The van der Waals surface area contributed by atoms with Crippen molar-refractivity contribution in [2.75, 3.05) is 11.9 Å². The molecule has 0 saturated carbocycles. The molecular weight excluding hydrogens is 348 g/mol. The third-order valence-electron chi connectivity index (χ3n) is 3.61. The van der Waals surface area contributed by atoms with Crippen LogP contribution in [0.3, 0.4) is 0 Å². The molecule has 0 aliphatic heterocycles. The number of ether oxygens (including phenoxy) is 1. The fourth-order valence-electron chi connectivity index (χ4n) is 2.32. The van der Waals surface area contributed by atoms with Crippen molar-refractivity contribution in [1.82, 2.24) is 5.32 Å². The zero-order valence-corrected chi connectivity index (χ0v) is 16.3. The second-order valence-electron chi connectivity index (χ2n) is 7.38. The molecule has 0 spiro atoms. The molecule has 7 nitrogen and oxygen atoms in total. The highest BCUT2D eigenvalue weighted by molar-refractivity contribution is 5.90. The molecule has 0 unspecified atom stereocenters. The molecule has 7 heteroatoms. The number of carboxylic acids is 1. The molecule has 1 rings (SSSR count). The number of hydrogen-bond acceptors (Lipinski definition) is 4. The number of hydrogen-bond donors (Lipinski definition) is 3. The molecule has 150 valence electrons. The number of rotatable bonds is 10. The van der Waals surface area contributed by atoms with Crippen molar-refractivity contribution in [3.63, 3.8) is 0 Å². The van der Waals surface area contributed by atoms with Crippen molar-refractivity contribution in [3.8, 4) is 0 Å². The molecule has 2 amide bonds. The van der Waals surface area contributed by atoms with Gasteiger partial charge >= 0.3 is 12.1 Å². The number of benzene rings is 1. The number of anilines is 1. The maximum Gasteiger partial charge on any atom is 0.407 e. The standard InChI is InChI=1S/C20H30N2O5/c1-20(2,3)27-19(26)21-14-6-4-5-7-17(23)22-16-11-8-15(9-12-16)10-13-18(24)25/h8-9,11-12H,4-7,10,13-14H2,1-3H3,(H,21,26)(H,22,23)(H,24,25). The Kier molecular flexibility index (Phi) is 9.33. The van der Waals surface area contributed by atoms with Crippen LogP contribution < -0.4 is 10.6 Å². The summed E-state index contributed by atoms with van der Waals surface area (Å²) in [4.78, 5) is 34.0. The molecule has 0 bridgehead atoms. The van der Waals surface area contributed by atoms with Gasteiger partial charge in [0.15, 0.2) is 0 Å². The van der Waals surface area contributed by atoms with Crippen molar-refractivity contribution in [1.29, 1.82) is 0 Å². The van der Waals surface area contributed by atoms with Crippen LogP contribution in [0.1, 0.15) is 58.4 Å². The number of alkyl carbamates (subject to hydrolysis) is 1. The number of nitrogens with one attached hydrogen (secondary N) is 2. The zero-order chi connectivity index (χ0) is 20.3. The average molecular weight is 378 g/mol. The second kappa shape index (κ2) is 11.2. The van der Waals surface area contributed by atoms with Gasteiger partial charge in [0, 0.05) is 25.1 Å². The summed E-state index contributed by atoms with van der Waals surface area (Å²) in [5.41, 5.74) is 1.12. The third kappa shape index (κ3) is 11.6. The maximum absolute atomic E-state index is 11.9. The smallest absolute Gasteiger partial charge is 0.407 e. The van der Waals surface area contributed by atoms with Crippen LogP contribution in [0.25, 0.3) is 0 Å². The summed E-state index contributed by atoms with van der Waals surface area (Å²) in [6, 6.07) is 7.20. The van der Waals surface area contributed by atoms with E-state index in [0.29, 0.717) is 25.1 Å². The minimum absolute atomic E-state index is 0.0617. The van der Waals surface area contributed by atoms with Crippen LogP contribution in [0.15, 0.2) is 24.3 Å². The first-order chi connectivity index (χ1) is 12.7. The number of aliphatic carboxylic acids is 1. The molecule has 0 radical (unpaired) electrons. The van der Waals surface area contributed by atoms with Crippen molar-refractivity contribution >= 4 is 23.7 Å². The van der Waals surface area contributed by atoms with Crippen LogP contribution in [0, 0.1) is 0 Å². The number of aryl methyl sites for hydroxylation is 1. The Morgan fingerprint density at radius 3 is 2.26 bits per heavy atom.